The van der Waals surface area contributed by atoms with Crippen LogP contribution in [0.5, 0.6) is 0 Å². The van der Waals surface area contributed by atoms with Crippen molar-refractivity contribution >= 4 is 23.4 Å². The molecule has 1 aliphatic heterocycles. The molecule has 2 atom stereocenters. The van der Waals surface area contributed by atoms with Gasteiger partial charge in [0.15, 0.2) is 0 Å². The summed E-state index contributed by atoms with van der Waals surface area (Å²) in [5.74, 6) is 0.103. The molecule has 0 saturated carbocycles. The molecule has 2 rings (SSSR count). The fraction of sp³-hybridized carbons (Fsp3) is 0.706. The monoisotopic (exact) mass is 354 g/mol. The van der Waals surface area contributed by atoms with Gasteiger partial charge in [-0.25, -0.2) is 9.78 Å². The van der Waals surface area contributed by atoms with Crippen molar-refractivity contribution in [1.82, 2.24) is 9.88 Å². The van der Waals surface area contributed by atoms with Gasteiger partial charge in [-0.2, -0.15) is 0 Å². The first-order chi connectivity index (χ1) is 11.2. The maximum absolute atomic E-state index is 12.5. The minimum atomic E-state index is -0.512. The third kappa shape index (κ3) is 4.69. The molecule has 0 aliphatic carbocycles. The molecule has 24 heavy (non-hydrogen) atoms. The van der Waals surface area contributed by atoms with Crippen molar-refractivity contribution in [1.29, 1.82) is 0 Å². The Balaban J connectivity index is 2.09. The normalized spacial score (nSPS) is 21.0. The number of rotatable bonds is 4. The van der Waals surface area contributed by atoms with Crippen LogP contribution in [0, 0.1) is 5.92 Å². The summed E-state index contributed by atoms with van der Waals surface area (Å²) in [4.78, 5) is 31.0. The highest BCUT2D eigenvalue weighted by atomic mass is 32.1. The predicted octanol–water partition coefficient (Wildman–Crippen LogP) is 3.57. The average Bonchev–Trinajstić information content (AvgIpc) is 3.09. The van der Waals surface area contributed by atoms with E-state index in [9.17, 15) is 9.59 Å². The van der Waals surface area contributed by atoms with E-state index in [4.69, 9.17) is 4.74 Å². The van der Waals surface area contributed by atoms with E-state index < -0.39 is 5.60 Å². The molecular formula is C17H26N2O4S. The summed E-state index contributed by atoms with van der Waals surface area (Å²) < 4.78 is 10.2. The topological polar surface area (TPSA) is 68.7 Å². The molecule has 1 fully saturated rings. The maximum Gasteiger partial charge on any atom is 0.410 e. The number of nitrogens with zero attached hydrogens (tertiary/aromatic N) is 2. The lowest BCUT2D eigenvalue weighted by Crippen LogP contribution is -2.37. The van der Waals surface area contributed by atoms with Gasteiger partial charge in [0.05, 0.1) is 19.6 Å². The molecule has 0 radical (unpaired) electrons. The fourth-order valence-corrected chi connectivity index (χ4v) is 3.92. The van der Waals surface area contributed by atoms with Crippen LogP contribution >= 0.6 is 11.3 Å². The molecule has 1 saturated heterocycles. The van der Waals surface area contributed by atoms with Crippen LogP contribution < -0.4 is 0 Å². The van der Waals surface area contributed by atoms with Gasteiger partial charge in [0.2, 0.25) is 0 Å². The van der Waals surface area contributed by atoms with Crippen molar-refractivity contribution in [3.05, 3.63) is 16.1 Å². The number of thiazole rings is 1. The van der Waals surface area contributed by atoms with Crippen LogP contribution in [0.3, 0.4) is 0 Å². The summed E-state index contributed by atoms with van der Waals surface area (Å²) in [5, 5.41) is 0.908. The van der Waals surface area contributed by atoms with Gasteiger partial charge in [-0.1, -0.05) is 6.92 Å². The molecular weight excluding hydrogens is 328 g/mol. The zero-order valence-corrected chi connectivity index (χ0v) is 15.8. The Hall–Kier alpha value is -1.63. The van der Waals surface area contributed by atoms with Crippen LogP contribution in [0.2, 0.25) is 0 Å². The summed E-state index contributed by atoms with van der Waals surface area (Å²) in [6.45, 7) is 8.41. The number of carbonyl (C=O) groups is 2. The molecule has 1 aromatic rings. The third-order valence-corrected chi connectivity index (χ3v) is 5.08. The maximum atomic E-state index is 12.5. The molecule has 1 aliphatic rings. The van der Waals surface area contributed by atoms with Gasteiger partial charge in [0.25, 0.3) is 0 Å². The van der Waals surface area contributed by atoms with Crippen LogP contribution in [0.25, 0.3) is 0 Å². The smallest absolute Gasteiger partial charge is 0.410 e. The van der Waals surface area contributed by atoms with E-state index in [0.29, 0.717) is 25.3 Å². The Labute approximate surface area is 147 Å². The lowest BCUT2D eigenvalue weighted by molar-refractivity contribution is -0.140. The van der Waals surface area contributed by atoms with E-state index >= 15 is 0 Å². The van der Waals surface area contributed by atoms with Crippen LogP contribution in [0.1, 0.15) is 56.5 Å². The number of methoxy groups -OCH3 is 1. The van der Waals surface area contributed by atoms with E-state index in [2.05, 4.69) is 16.6 Å². The van der Waals surface area contributed by atoms with Gasteiger partial charge in [-0.15, -0.1) is 11.3 Å². The van der Waals surface area contributed by atoms with Gasteiger partial charge >= 0.3 is 12.1 Å². The number of likely N-dealkylation sites (tertiary alicyclic amines) is 1. The highest BCUT2D eigenvalue weighted by Crippen LogP contribution is 2.39. The van der Waals surface area contributed by atoms with Crippen LogP contribution in [0.4, 0.5) is 4.79 Å². The number of aromatic nitrogens is 1. The highest BCUT2D eigenvalue weighted by molar-refractivity contribution is 7.11. The lowest BCUT2D eigenvalue weighted by atomic mass is 10.0. The molecule has 1 amide bonds. The van der Waals surface area contributed by atoms with Crippen molar-refractivity contribution in [2.24, 2.45) is 5.92 Å². The molecule has 0 unspecified atom stereocenters. The van der Waals surface area contributed by atoms with Crippen molar-refractivity contribution < 1.29 is 19.1 Å². The molecule has 2 heterocycles. The number of hydrogen-bond donors (Lipinski definition) is 0. The number of carbonyl (C=O) groups excluding carboxylic acids is 2. The minimum absolute atomic E-state index is 0.0586. The summed E-state index contributed by atoms with van der Waals surface area (Å²) in [5.41, 5.74) is -0.512. The molecule has 0 N–H and O–H groups in total. The molecule has 0 bridgehead atoms. The largest absolute Gasteiger partial charge is 0.469 e. The highest BCUT2D eigenvalue weighted by Gasteiger charge is 2.39. The van der Waals surface area contributed by atoms with E-state index in [0.717, 1.165) is 16.3 Å². The van der Waals surface area contributed by atoms with Crippen LogP contribution in [0.15, 0.2) is 6.20 Å². The standard InChI is InChI=1S/C17H26N2O4S/c1-11-8-9-19(16(21)23-17(2,3)4)14(11)15-18-10-12(24-15)6-7-13(20)22-5/h10-11,14H,6-9H2,1-5H3/t11-,14-/m0/s1. The number of aryl methyl sites for hydroxylation is 1. The summed E-state index contributed by atoms with van der Waals surface area (Å²) >= 11 is 1.56. The first kappa shape index (κ1) is 18.7. The zero-order chi connectivity index (χ0) is 17.9. The Bertz CT molecular complexity index is 594. The minimum Gasteiger partial charge on any atom is -0.469 e. The Morgan fingerprint density at radius 1 is 1.42 bits per heavy atom. The zero-order valence-electron chi connectivity index (χ0n) is 15.0. The predicted molar refractivity (Wildman–Crippen MR) is 91.9 cm³/mol. The molecule has 0 aromatic carbocycles. The number of ether oxygens (including phenoxy) is 2. The van der Waals surface area contributed by atoms with Crippen molar-refractivity contribution in [3.63, 3.8) is 0 Å². The average molecular weight is 354 g/mol. The van der Waals surface area contributed by atoms with Gasteiger partial charge < -0.3 is 9.47 Å². The molecule has 134 valence electrons. The van der Waals surface area contributed by atoms with Gasteiger partial charge in [-0.3, -0.25) is 9.69 Å². The number of esters is 1. The quantitative estimate of drug-likeness (QED) is 0.773. The number of hydrogen-bond acceptors (Lipinski definition) is 6. The van der Waals surface area contributed by atoms with Gasteiger partial charge in [0.1, 0.15) is 10.6 Å². The summed E-state index contributed by atoms with van der Waals surface area (Å²) in [7, 11) is 1.39. The van der Waals surface area contributed by atoms with E-state index in [1.54, 1.807) is 22.4 Å². The Morgan fingerprint density at radius 3 is 2.75 bits per heavy atom. The van der Waals surface area contributed by atoms with Crippen LogP contribution in [-0.2, 0) is 20.7 Å². The van der Waals surface area contributed by atoms with E-state index in [1.807, 2.05) is 20.8 Å². The SMILES string of the molecule is COC(=O)CCc1cnc([C@@H]2[C@@H](C)CCN2C(=O)OC(C)(C)C)s1. The van der Waals surface area contributed by atoms with Crippen molar-refractivity contribution in [2.75, 3.05) is 13.7 Å². The second-order valence-corrected chi connectivity index (χ2v) is 8.27. The molecule has 7 heteroatoms. The molecule has 1 aromatic heterocycles. The second-order valence-electron chi connectivity index (χ2n) is 7.13. The lowest BCUT2D eigenvalue weighted by Gasteiger charge is -2.28. The van der Waals surface area contributed by atoms with E-state index in [-0.39, 0.29) is 18.1 Å². The Kier molecular flexibility index (Phi) is 5.85. The summed E-state index contributed by atoms with van der Waals surface area (Å²) in [6.07, 6.45) is 3.39. The van der Waals surface area contributed by atoms with Crippen molar-refractivity contribution in [3.8, 4) is 0 Å². The first-order valence-corrected chi connectivity index (χ1v) is 9.04. The number of amides is 1. The molecule has 6 nitrogen and oxygen atoms in total. The second kappa shape index (κ2) is 7.51. The Morgan fingerprint density at radius 2 is 2.12 bits per heavy atom. The van der Waals surface area contributed by atoms with Crippen molar-refractivity contribution in [2.45, 2.75) is 58.6 Å². The van der Waals surface area contributed by atoms with Gasteiger partial charge in [0, 0.05) is 17.6 Å². The van der Waals surface area contributed by atoms with Gasteiger partial charge in [-0.05, 0) is 39.5 Å². The van der Waals surface area contributed by atoms with E-state index in [1.165, 1.54) is 7.11 Å². The van der Waals surface area contributed by atoms with Crippen LogP contribution in [-0.4, -0.2) is 41.2 Å². The summed E-state index contributed by atoms with van der Waals surface area (Å²) in [6, 6.07) is -0.0586. The fourth-order valence-electron chi connectivity index (χ4n) is 2.75. The molecule has 0 spiro atoms. The first-order valence-electron chi connectivity index (χ1n) is 8.22. The third-order valence-electron chi connectivity index (χ3n) is 3.96.